The molecule has 7 heteroatoms. The van der Waals surface area contributed by atoms with Crippen LogP contribution in [0.5, 0.6) is 5.75 Å². The molecule has 130 valence electrons. The van der Waals surface area contributed by atoms with Crippen molar-refractivity contribution >= 4 is 54.9 Å². The standard InChI is InChI=1S/C20H10N2O5/c23-8-5-6-10-9(7-8)13-14-15(20(25)22-19(14)24)17-18(16(13)21-10)27-12-4-2-1-3-11(12)26-17/h1-7,21,23H,(H,22,24,25). The van der Waals surface area contributed by atoms with Crippen molar-refractivity contribution in [3.05, 3.63) is 63.2 Å². The van der Waals surface area contributed by atoms with Crippen molar-refractivity contribution in [3.8, 4) is 5.75 Å². The Morgan fingerprint density at radius 3 is 2.26 bits per heavy atom. The largest absolute Gasteiger partial charge is 0.508 e. The summed E-state index contributed by atoms with van der Waals surface area (Å²) in [5.74, 6) is 0.0575. The van der Waals surface area contributed by atoms with Crippen molar-refractivity contribution < 1.29 is 13.9 Å². The zero-order valence-corrected chi connectivity index (χ0v) is 13.6. The third-order valence-corrected chi connectivity index (χ3v) is 4.90. The van der Waals surface area contributed by atoms with Crippen molar-refractivity contribution in [2.45, 2.75) is 0 Å². The molecule has 0 spiro atoms. The number of nitrogens with one attached hydrogen (secondary N) is 2. The van der Waals surface area contributed by atoms with E-state index in [9.17, 15) is 14.7 Å². The molecule has 3 aromatic carbocycles. The van der Waals surface area contributed by atoms with Crippen LogP contribution in [0.25, 0.3) is 54.9 Å². The number of para-hydroxylation sites is 2. The van der Waals surface area contributed by atoms with Crippen LogP contribution in [0.1, 0.15) is 0 Å². The van der Waals surface area contributed by atoms with E-state index in [1.54, 1.807) is 36.4 Å². The Balaban J connectivity index is 2.06. The molecule has 0 bridgehead atoms. The third kappa shape index (κ3) is 1.70. The number of phenolic OH excluding ortho intramolecular Hbond substituents is 1. The number of aromatic hydroxyl groups is 1. The maximum Gasteiger partial charge on any atom is 0.262 e. The van der Waals surface area contributed by atoms with Crippen LogP contribution < -0.4 is 11.1 Å². The SMILES string of the molecule is O=c1[nH]c(=O)c2c1c1oc3ccccc3oc1c1[nH]c3ccc(O)cc3c12. The minimum absolute atomic E-state index is 0.0575. The highest BCUT2D eigenvalue weighted by Crippen LogP contribution is 2.39. The van der Waals surface area contributed by atoms with Crippen LogP contribution in [0, 0.1) is 0 Å². The summed E-state index contributed by atoms with van der Waals surface area (Å²) in [6, 6.07) is 11.9. The molecule has 0 fully saturated rings. The summed E-state index contributed by atoms with van der Waals surface area (Å²) in [5.41, 5.74) is 1.71. The van der Waals surface area contributed by atoms with E-state index in [4.69, 9.17) is 8.83 Å². The zero-order chi connectivity index (χ0) is 18.3. The van der Waals surface area contributed by atoms with Crippen molar-refractivity contribution in [3.63, 3.8) is 0 Å². The molecule has 0 aliphatic carbocycles. The average Bonchev–Trinajstić information content (AvgIpc) is 3.17. The number of H-pyrrole nitrogens is 2. The number of rotatable bonds is 0. The molecule has 3 heterocycles. The minimum atomic E-state index is -0.536. The van der Waals surface area contributed by atoms with Crippen LogP contribution in [0.2, 0.25) is 0 Å². The molecular formula is C20H10N2O5. The molecule has 7 nitrogen and oxygen atoms in total. The molecular weight excluding hydrogens is 348 g/mol. The highest BCUT2D eigenvalue weighted by Gasteiger charge is 2.23. The number of aromatic nitrogens is 2. The van der Waals surface area contributed by atoms with E-state index in [1.807, 2.05) is 6.07 Å². The van der Waals surface area contributed by atoms with Gasteiger partial charge in [-0.25, -0.2) is 0 Å². The Labute approximate surface area is 148 Å². The zero-order valence-electron chi connectivity index (χ0n) is 13.6. The number of fused-ring (bicyclic) bond motifs is 9. The van der Waals surface area contributed by atoms with Gasteiger partial charge in [0.1, 0.15) is 5.75 Å². The summed E-state index contributed by atoms with van der Waals surface area (Å²) in [6.45, 7) is 0. The fraction of sp³-hybridized carbons (Fsp3) is 0. The summed E-state index contributed by atoms with van der Waals surface area (Å²) < 4.78 is 12.0. The highest BCUT2D eigenvalue weighted by atomic mass is 16.4. The number of phenols is 1. The predicted molar refractivity (Wildman–Crippen MR) is 101 cm³/mol. The molecule has 6 rings (SSSR count). The topological polar surface area (TPSA) is 112 Å². The van der Waals surface area contributed by atoms with E-state index in [-0.39, 0.29) is 22.1 Å². The van der Waals surface area contributed by atoms with Crippen LogP contribution >= 0.6 is 0 Å². The van der Waals surface area contributed by atoms with Gasteiger partial charge in [-0.3, -0.25) is 14.6 Å². The molecule has 0 amide bonds. The molecule has 27 heavy (non-hydrogen) atoms. The average molecular weight is 358 g/mol. The van der Waals surface area contributed by atoms with Crippen molar-refractivity contribution in [2.24, 2.45) is 0 Å². The number of hydrogen-bond donors (Lipinski definition) is 3. The second-order valence-corrected chi connectivity index (χ2v) is 6.45. The van der Waals surface area contributed by atoms with Gasteiger partial charge in [0.05, 0.1) is 16.3 Å². The monoisotopic (exact) mass is 358 g/mol. The fourth-order valence-corrected chi connectivity index (χ4v) is 3.78. The fourth-order valence-electron chi connectivity index (χ4n) is 3.78. The molecule has 0 saturated carbocycles. The molecule has 6 aromatic rings. The van der Waals surface area contributed by atoms with Gasteiger partial charge in [0.2, 0.25) is 0 Å². The third-order valence-electron chi connectivity index (χ3n) is 4.90. The lowest BCUT2D eigenvalue weighted by molar-refractivity contribution is 0.476. The lowest BCUT2D eigenvalue weighted by Crippen LogP contribution is -2.05. The summed E-state index contributed by atoms with van der Waals surface area (Å²) in [4.78, 5) is 30.6. The Kier molecular flexibility index (Phi) is 2.41. The summed E-state index contributed by atoms with van der Waals surface area (Å²) >= 11 is 0. The van der Waals surface area contributed by atoms with Crippen molar-refractivity contribution in [1.29, 1.82) is 0 Å². The Bertz CT molecular complexity index is 1680. The van der Waals surface area contributed by atoms with Crippen LogP contribution in [0.3, 0.4) is 0 Å². The Morgan fingerprint density at radius 2 is 1.48 bits per heavy atom. The summed E-state index contributed by atoms with van der Waals surface area (Å²) in [5, 5.41) is 11.4. The van der Waals surface area contributed by atoms with Crippen LogP contribution in [0.15, 0.2) is 60.9 Å². The van der Waals surface area contributed by atoms with E-state index < -0.39 is 11.1 Å². The van der Waals surface area contributed by atoms with Gasteiger partial charge in [-0.15, -0.1) is 0 Å². The van der Waals surface area contributed by atoms with E-state index in [2.05, 4.69) is 9.97 Å². The van der Waals surface area contributed by atoms with Gasteiger partial charge in [-0.2, -0.15) is 0 Å². The second-order valence-electron chi connectivity index (χ2n) is 6.45. The first-order chi connectivity index (χ1) is 13.1. The second kappa shape index (κ2) is 4.59. The summed E-state index contributed by atoms with van der Waals surface area (Å²) in [6.07, 6.45) is 0. The van der Waals surface area contributed by atoms with Gasteiger partial charge in [0, 0.05) is 16.3 Å². The normalized spacial score (nSPS) is 12.1. The van der Waals surface area contributed by atoms with Gasteiger partial charge >= 0.3 is 0 Å². The van der Waals surface area contributed by atoms with E-state index in [0.717, 1.165) is 0 Å². The first-order valence-corrected chi connectivity index (χ1v) is 8.26. The summed E-state index contributed by atoms with van der Waals surface area (Å²) in [7, 11) is 0. The quantitative estimate of drug-likeness (QED) is 0.358. The maximum absolute atomic E-state index is 12.5. The maximum atomic E-state index is 12.5. The molecule has 0 unspecified atom stereocenters. The molecule has 0 atom stereocenters. The minimum Gasteiger partial charge on any atom is -0.508 e. The molecule has 0 radical (unpaired) electrons. The highest BCUT2D eigenvalue weighted by molar-refractivity contribution is 6.29. The predicted octanol–water partition coefficient (Wildman–Crippen LogP) is 3.72. The van der Waals surface area contributed by atoms with Crippen LogP contribution in [0.4, 0.5) is 0 Å². The van der Waals surface area contributed by atoms with Gasteiger partial charge in [0.25, 0.3) is 11.1 Å². The Morgan fingerprint density at radius 1 is 0.778 bits per heavy atom. The van der Waals surface area contributed by atoms with Gasteiger partial charge in [-0.1, -0.05) is 12.1 Å². The first kappa shape index (κ1) is 14.2. The van der Waals surface area contributed by atoms with Crippen molar-refractivity contribution in [1.82, 2.24) is 9.97 Å². The molecule has 0 saturated heterocycles. The van der Waals surface area contributed by atoms with Crippen LogP contribution in [-0.4, -0.2) is 15.1 Å². The smallest absolute Gasteiger partial charge is 0.262 e. The van der Waals surface area contributed by atoms with Gasteiger partial charge < -0.3 is 18.9 Å². The number of aromatic amines is 2. The van der Waals surface area contributed by atoms with Gasteiger partial charge in [-0.05, 0) is 30.3 Å². The number of hydrogen-bond acceptors (Lipinski definition) is 5. The Hall–Kier alpha value is -4.00. The van der Waals surface area contributed by atoms with Gasteiger partial charge in [0.15, 0.2) is 22.3 Å². The van der Waals surface area contributed by atoms with E-state index in [1.165, 1.54) is 0 Å². The lowest BCUT2D eigenvalue weighted by atomic mass is 10.1. The molecule has 0 aliphatic rings. The molecule has 3 N–H and O–H groups in total. The molecule has 3 aromatic heterocycles. The lowest BCUT2D eigenvalue weighted by Gasteiger charge is -2.04. The van der Waals surface area contributed by atoms with E-state index in [0.29, 0.717) is 38.6 Å². The van der Waals surface area contributed by atoms with Crippen LogP contribution in [-0.2, 0) is 0 Å². The van der Waals surface area contributed by atoms with E-state index >= 15 is 0 Å². The number of benzene rings is 3. The first-order valence-electron chi connectivity index (χ1n) is 8.26. The molecule has 0 aliphatic heterocycles. The van der Waals surface area contributed by atoms with Crippen molar-refractivity contribution in [2.75, 3.05) is 0 Å².